The monoisotopic (exact) mass is 353 g/mol. The van der Waals surface area contributed by atoms with E-state index in [0.717, 1.165) is 0 Å². The number of methoxy groups -OCH3 is 1. The van der Waals surface area contributed by atoms with Gasteiger partial charge in [-0.05, 0) is 26.0 Å². The second-order valence-corrected chi connectivity index (χ2v) is 7.05. The third kappa shape index (κ3) is 2.02. The molecule has 2 heterocycles. The molecule has 1 aliphatic rings. The molecule has 0 unspecified atom stereocenters. The van der Waals surface area contributed by atoms with Crippen LogP contribution >= 0.6 is 0 Å². The number of rotatable bonds is 1. The topological polar surface area (TPSA) is 77.8 Å². The molecular weight excluding hydrogens is 334 g/mol. The third-order valence-electron chi connectivity index (χ3n) is 5.05. The quantitative estimate of drug-likeness (QED) is 0.680. The van der Waals surface area contributed by atoms with Crippen LogP contribution < -0.4 is 14.9 Å². The van der Waals surface area contributed by atoms with E-state index in [-0.39, 0.29) is 11.0 Å². The Morgan fingerprint density at radius 2 is 1.92 bits per heavy atom. The SMILES string of the molecule is COc1cc2c(c3c1c(=O)c1ccccc1n3C)C(=O)[C@H](O)C(C)(C)O2. The Morgan fingerprint density at radius 1 is 1.23 bits per heavy atom. The molecule has 0 amide bonds. The largest absolute Gasteiger partial charge is 0.496 e. The number of ether oxygens (including phenoxy) is 2. The van der Waals surface area contributed by atoms with Crippen LogP contribution in [-0.2, 0) is 7.05 Å². The highest BCUT2D eigenvalue weighted by molar-refractivity contribution is 6.15. The maximum absolute atomic E-state index is 13.1. The first-order chi connectivity index (χ1) is 12.3. The molecule has 0 saturated heterocycles. The van der Waals surface area contributed by atoms with Crippen molar-refractivity contribution in [2.75, 3.05) is 7.11 Å². The summed E-state index contributed by atoms with van der Waals surface area (Å²) in [5, 5.41) is 11.3. The average molecular weight is 353 g/mol. The fourth-order valence-corrected chi connectivity index (χ4v) is 3.66. The lowest BCUT2D eigenvalue weighted by molar-refractivity contribution is -0.0247. The van der Waals surface area contributed by atoms with E-state index >= 15 is 0 Å². The van der Waals surface area contributed by atoms with Crippen molar-refractivity contribution in [3.05, 3.63) is 46.1 Å². The van der Waals surface area contributed by atoms with Gasteiger partial charge in [0, 0.05) is 18.5 Å². The van der Waals surface area contributed by atoms with Crippen molar-refractivity contribution < 1.29 is 19.4 Å². The van der Waals surface area contributed by atoms with Crippen molar-refractivity contribution in [1.29, 1.82) is 0 Å². The number of carbonyl (C=O) groups excluding carboxylic acids is 1. The summed E-state index contributed by atoms with van der Waals surface area (Å²) >= 11 is 0. The molecule has 0 spiro atoms. The second kappa shape index (κ2) is 5.32. The molecule has 0 bridgehead atoms. The highest BCUT2D eigenvalue weighted by Crippen LogP contribution is 2.41. The number of nitrogens with zero attached hydrogens (tertiary/aromatic N) is 1. The van der Waals surface area contributed by atoms with Gasteiger partial charge in [-0.3, -0.25) is 9.59 Å². The first kappa shape index (κ1) is 16.6. The minimum absolute atomic E-state index is 0.206. The lowest BCUT2D eigenvalue weighted by Gasteiger charge is -2.36. The van der Waals surface area contributed by atoms with Gasteiger partial charge in [-0.25, -0.2) is 0 Å². The average Bonchev–Trinajstić information content (AvgIpc) is 2.62. The van der Waals surface area contributed by atoms with E-state index in [1.54, 1.807) is 43.7 Å². The predicted molar refractivity (Wildman–Crippen MR) is 98.3 cm³/mol. The molecule has 0 fully saturated rings. The van der Waals surface area contributed by atoms with Crippen LogP contribution in [0.5, 0.6) is 11.5 Å². The molecule has 1 aromatic heterocycles. The summed E-state index contributed by atoms with van der Waals surface area (Å²) in [5.74, 6) is 0.180. The third-order valence-corrected chi connectivity index (χ3v) is 5.05. The number of aromatic nitrogens is 1. The van der Waals surface area contributed by atoms with Gasteiger partial charge in [0.15, 0.2) is 6.10 Å². The first-order valence-corrected chi connectivity index (χ1v) is 8.31. The lowest BCUT2D eigenvalue weighted by atomic mass is 9.88. The molecule has 1 atom stereocenters. The number of fused-ring (bicyclic) bond motifs is 4. The van der Waals surface area contributed by atoms with E-state index in [1.807, 2.05) is 12.1 Å². The van der Waals surface area contributed by atoms with E-state index in [1.165, 1.54) is 7.11 Å². The molecule has 0 saturated carbocycles. The number of pyridine rings is 1. The normalized spacial score (nSPS) is 18.7. The fraction of sp³-hybridized carbons (Fsp3) is 0.300. The van der Waals surface area contributed by atoms with E-state index in [2.05, 4.69) is 0 Å². The Hall–Kier alpha value is -2.86. The molecule has 0 radical (unpaired) electrons. The van der Waals surface area contributed by atoms with E-state index < -0.39 is 17.5 Å². The van der Waals surface area contributed by atoms with Crippen LogP contribution in [-0.4, -0.2) is 34.3 Å². The van der Waals surface area contributed by atoms with Crippen LogP contribution in [0.2, 0.25) is 0 Å². The van der Waals surface area contributed by atoms with Crippen LogP contribution in [0, 0.1) is 0 Å². The summed E-state index contributed by atoms with van der Waals surface area (Å²) in [7, 11) is 3.25. The molecule has 26 heavy (non-hydrogen) atoms. The molecule has 0 aliphatic carbocycles. The van der Waals surface area contributed by atoms with Crippen molar-refractivity contribution in [1.82, 2.24) is 4.57 Å². The first-order valence-electron chi connectivity index (χ1n) is 8.31. The number of carbonyl (C=O) groups is 1. The number of aliphatic hydroxyl groups excluding tert-OH is 1. The molecule has 6 nitrogen and oxygen atoms in total. The fourth-order valence-electron chi connectivity index (χ4n) is 3.66. The number of benzene rings is 2. The minimum atomic E-state index is -1.33. The zero-order valence-electron chi connectivity index (χ0n) is 15.0. The summed E-state index contributed by atoms with van der Waals surface area (Å²) < 4.78 is 13.1. The molecule has 3 aromatic rings. The zero-order chi connectivity index (χ0) is 18.8. The number of para-hydroxylation sites is 1. The van der Waals surface area contributed by atoms with Gasteiger partial charge in [0.05, 0.1) is 29.1 Å². The standard InChI is InChI=1S/C20H19NO5/c1-20(2)19(24)18(23)15-13(26-20)9-12(25-4)14-16(15)21(3)11-8-6-5-7-10(11)17(14)22/h5-9,19,24H,1-4H3/t19-/m0/s1. The Bertz CT molecular complexity index is 1140. The van der Waals surface area contributed by atoms with E-state index in [9.17, 15) is 14.7 Å². The summed E-state index contributed by atoms with van der Waals surface area (Å²) in [6.07, 6.45) is -1.33. The summed E-state index contributed by atoms with van der Waals surface area (Å²) in [5.41, 5.74) is 0.00649. The Labute approximate surface area is 149 Å². The highest BCUT2D eigenvalue weighted by atomic mass is 16.5. The zero-order valence-corrected chi connectivity index (χ0v) is 15.0. The molecule has 1 aliphatic heterocycles. The number of ketones is 1. The van der Waals surface area contributed by atoms with Crippen molar-refractivity contribution in [3.8, 4) is 11.5 Å². The number of hydrogen-bond acceptors (Lipinski definition) is 5. The van der Waals surface area contributed by atoms with Crippen LogP contribution in [0.15, 0.2) is 35.1 Å². The van der Waals surface area contributed by atoms with Gasteiger partial charge in [-0.2, -0.15) is 0 Å². The van der Waals surface area contributed by atoms with Gasteiger partial charge in [-0.1, -0.05) is 12.1 Å². The van der Waals surface area contributed by atoms with Crippen LogP contribution in [0.4, 0.5) is 0 Å². The van der Waals surface area contributed by atoms with Gasteiger partial charge >= 0.3 is 0 Å². The maximum atomic E-state index is 13.1. The summed E-state index contributed by atoms with van der Waals surface area (Å²) in [6.45, 7) is 3.29. The number of aryl methyl sites for hydroxylation is 1. The van der Waals surface area contributed by atoms with Crippen molar-refractivity contribution in [3.63, 3.8) is 0 Å². The van der Waals surface area contributed by atoms with Crippen molar-refractivity contribution in [2.45, 2.75) is 25.6 Å². The van der Waals surface area contributed by atoms with Crippen LogP contribution in [0.25, 0.3) is 21.8 Å². The molecule has 2 aromatic carbocycles. The van der Waals surface area contributed by atoms with Gasteiger partial charge in [-0.15, -0.1) is 0 Å². The molecule has 1 N–H and O–H groups in total. The Balaban J connectivity index is 2.27. The molecule has 4 rings (SSSR count). The van der Waals surface area contributed by atoms with E-state index in [4.69, 9.17) is 9.47 Å². The van der Waals surface area contributed by atoms with Crippen molar-refractivity contribution >= 4 is 27.6 Å². The molecular formula is C20H19NO5. The summed E-state index contributed by atoms with van der Waals surface area (Å²) in [6, 6.07) is 8.74. The smallest absolute Gasteiger partial charge is 0.201 e. The van der Waals surface area contributed by atoms with Gasteiger partial charge in [0.25, 0.3) is 0 Å². The van der Waals surface area contributed by atoms with Crippen LogP contribution in [0.1, 0.15) is 24.2 Å². The highest BCUT2D eigenvalue weighted by Gasteiger charge is 2.44. The Morgan fingerprint density at radius 3 is 2.62 bits per heavy atom. The molecule has 6 heteroatoms. The van der Waals surface area contributed by atoms with Gasteiger partial charge in [0.2, 0.25) is 11.2 Å². The predicted octanol–water partition coefficient (Wildman–Crippen LogP) is 2.41. The number of Topliss-reactive ketones (excluding diaryl/α,β-unsaturated/α-hetero) is 1. The van der Waals surface area contributed by atoms with Gasteiger partial charge < -0.3 is 19.1 Å². The lowest BCUT2D eigenvalue weighted by Crippen LogP contribution is -2.50. The van der Waals surface area contributed by atoms with Gasteiger partial charge in [0.1, 0.15) is 17.1 Å². The minimum Gasteiger partial charge on any atom is -0.496 e. The summed E-state index contributed by atoms with van der Waals surface area (Å²) in [4.78, 5) is 26.1. The van der Waals surface area contributed by atoms with Crippen molar-refractivity contribution in [2.24, 2.45) is 7.05 Å². The number of aliphatic hydroxyl groups is 1. The van der Waals surface area contributed by atoms with Crippen LogP contribution in [0.3, 0.4) is 0 Å². The second-order valence-electron chi connectivity index (χ2n) is 7.05. The maximum Gasteiger partial charge on any atom is 0.201 e. The molecule has 134 valence electrons. The Kier molecular flexibility index (Phi) is 3.39. The number of hydrogen-bond donors (Lipinski definition) is 1. The van der Waals surface area contributed by atoms with E-state index in [0.29, 0.717) is 33.3 Å².